The number of aromatic nitrogens is 2. The lowest BCUT2D eigenvalue weighted by molar-refractivity contribution is -0.116. The third kappa shape index (κ3) is 6.30. The molecular weight excluding hydrogens is 552 g/mol. The van der Waals surface area contributed by atoms with Crippen molar-refractivity contribution in [3.05, 3.63) is 107 Å². The summed E-state index contributed by atoms with van der Waals surface area (Å²) in [5.74, 6) is -0.0321. The van der Waals surface area contributed by atoms with Gasteiger partial charge in [0.1, 0.15) is 0 Å². The average molecular weight is 595 g/mol. The van der Waals surface area contributed by atoms with E-state index in [0.29, 0.717) is 18.1 Å². The molecule has 0 spiro atoms. The number of rotatable bonds is 10. The van der Waals surface area contributed by atoms with Gasteiger partial charge in [0.15, 0.2) is 5.11 Å². The minimum atomic E-state index is -0.144. The van der Waals surface area contributed by atoms with E-state index in [-0.39, 0.29) is 18.0 Å². The van der Waals surface area contributed by atoms with Crippen LogP contribution in [0.4, 0.5) is 11.4 Å². The minimum absolute atomic E-state index is 0.0321. The normalized spacial score (nSPS) is 16.3. The van der Waals surface area contributed by atoms with Gasteiger partial charge in [-0.2, -0.15) is 0 Å². The van der Waals surface area contributed by atoms with Crippen LogP contribution in [-0.2, 0) is 4.79 Å². The second kappa shape index (κ2) is 13.0. The Bertz CT molecular complexity index is 1590. The Labute approximate surface area is 260 Å². The van der Waals surface area contributed by atoms with Gasteiger partial charge in [0, 0.05) is 60.7 Å². The maximum absolute atomic E-state index is 13.1. The number of hydrogen-bond acceptors (Lipinski definition) is 4. The number of amides is 1. The van der Waals surface area contributed by atoms with E-state index < -0.39 is 0 Å². The van der Waals surface area contributed by atoms with Crippen LogP contribution in [0.1, 0.15) is 66.1 Å². The van der Waals surface area contributed by atoms with Crippen molar-refractivity contribution in [2.75, 3.05) is 29.9 Å². The van der Waals surface area contributed by atoms with E-state index >= 15 is 0 Å². The molecule has 0 radical (unpaired) electrons. The molecule has 0 unspecified atom stereocenters. The maximum Gasteiger partial charge on any atom is 0.226 e. The van der Waals surface area contributed by atoms with E-state index in [1.807, 2.05) is 50.4 Å². The second-order valence-corrected chi connectivity index (χ2v) is 11.7. The highest BCUT2D eigenvalue weighted by molar-refractivity contribution is 7.80. The molecule has 5 rings (SSSR count). The van der Waals surface area contributed by atoms with Gasteiger partial charge in [0.2, 0.25) is 5.91 Å². The van der Waals surface area contributed by atoms with Crippen LogP contribution in [0, 0.1) is 27.7 Å². The number of pyridine rings is 1. The summed E-state index contributed by atoms with van der Waals surface area (Å²) in [6.45, 7) is 15.2. The molecule has 4 aromatic rings. The predicted octanol–water partition coefficient (Wildman–Crippen LogP) is 6.95. The molecule has 8 heteroatoms. The zero-order valence-corrected chi connectivity index (χ0v) is 26.8. The van der Waals surface area contributed by atoms with Gasteiger partial charge in [-0.05, 0) is 119 Å². The van der Waals surface area contributed by atoms with Gasteiger partial charge in [-0.3, -0.25) is 9.78 Å². The molecular formula is C35H42N6OS. The maximum atomic E-state index is 13.1. The topological polar surface area (TPSA) is 65.4 Å². The Morgan fingerprint density at radius 1 is 1.00 bits per heavy atom. The molecule has 1 fully saturated rings. The molecule has 2 aromatic carbocycles. The molecule has 1 amide bonds. The van der Waals surface area contributed by atoms with Crippen molar-refractivity contribution in [2.45, 2.75) is 60.0 Å². The zero-order chi connectivity index (χ0) is 30.7. The first-order valence-electron chi connectivity index (χ1n) is 15.1. The Morgan fingerprint density at radius 3 is 2.42 bits per heavy atom. The molecule has 2 N–H and O–H groups in total. The summed E-state index contributed by atoms with van der Waals surface area (Å²) in [6, 6.07) is 22.8. The number of benzene rings is 2. The summed E-state index contributed by atoms with van der Waals surface area (Å²) in [4.78, 5) is 22.3. The van der Waals surface area contributed by atoms with Gasteiger partial charge in [0.05, 0.1) is 17.8 Å². The summed E-state index contributed by atoms with van der Waals surface area (Å²) >= 11 is 5.90. The van der Waals surface area contributed by atoms with Crippen LogP contribution in [0.25, 0.3) is 5.69 Å². The highest BCUT2D eigenvalue weighted by atomic mass is 32.1. The zero-order valence-electron chi connectivity index (χ0n) is 26.0. The van der Waals surface area contributed by atoms with E-state index in [9.17, 15) is 4.79 Å². The molecule has 1 aliphatic rings. The van der Waals surface area contributed by atoms with E-state index in [1.165, 1.54) is 11.3 Å². The molecule has 2 atom stereocenters. The fraction of sp³-hybridized carbons (Fsp3) is 0.343. The van der Waals surface area contributed by atoms with E-state index in [4.69, 9.17) is 17.2 Å². The average Bonchev–Trinajstić information content (AvgIpc) is 3.49. The highest BCUT2D eigenvalue weighted by Gasteiger charge is 2.41. The lowest BCUT2D eigenvalue weighted by Gasteiger charge is -2.28. The summed E-state index contributed by atoms with van der Waals surface area (Å²) in [6.07, 6.45) is 2.13. The van der Waals surface area contributed by atoms with Crippen LogP contribution < -0.4 is 15.5 Å². The minimum Gasteiger partial charge on any atom is -0.372 e. The predicted molar refractivity (Wildman–Crippen MR) is 180 cm³/mol. The van der Waals surface area contributed by atoms with Crippen molar-refractivity contribution in [3.63, 3.8) is 0 Å². The van der Waals surface area contributed by atoms with Crippen molar-refractivity contribution in [1.82, 2.24) is 19.8 Å². The number of carbonyl (C=O) groups is 1. The van der Waals surface area contributed by atoms with Gasteiger partial charge in [-0.15, -0.1) is 0 Å². The third-order valence-electron chi connectivity index (χ3n) is 8.47. The number of nitrogens with one attached hydrogen (secondary N) is 2. The third-order valence-corrected chi connectivity index (χ3v) is 8.82. The molecule has 0 aliphatic carbocycles. The Balaban J connectivity index is 1.46. The van der Waals surface area contributed by atoms with E-state index in [0.717, 1.165) is 52.7 Å². The molecule has 0 bridgehead atoms. The van der Waals surface area contributed by atoms with Crippen molar-refractivity contribution < 1.29 is 4.79 Å². The molecule has 224 valence electrons. The van der Waals surface area contributed by atoms with Crippen LogP contribution in [0.2, 0.25) is 0 Å². The first-order valence-corrected chi connectivity index (χ1v) is 15.5. The van der Waals surface area contributed by atoms with Gasteiger partial charge < -0.3 is 25.0 Å². The number of aryl methyl sites for hydroxylation is 3. The molecule has 7 nitrogen and oxygen atoms in total. The number of carbonyl (C=O) groups excluding carboxylic acids is 1. The number of nitrogens with zero attached hydrogens (tertiary/aromatic N) is 4. The Hall–Kier alpha value is -4.17. The molecule has 43 heavy (non-hydrogen) atoms. The molecule has 2 aromatic heterocycles. The van der Waals surface area contributed by atoms with Crippen LogP contribution >= 0.6 is 12.2 Å². The highest BCUT2D eigenvalue weighted by Crippen LogP contribution is 2.41. The Morgan fingerprint density at radius 2 is 1.74 bits per heavy atom. The summed E-state index contributed by atoms with van der Waals surface area (Å²) < 4.78 is 2.31. The first kappa shape index (κ1) is 30.3. The smallest absolute Gasteiger partial charge is 0.226 e. The summed E-state index contributed by atoms with van der Waals surface area (Å²) in [7, 11) is 0. The van der Waals surface area contributed by atoms with Gasteiger partial charge in [-0.25, -0.2) is 0 Å². The quantitative estimate of drug-likeness (QED) is 0.194. The molecule has 0 saturated carbocycles. The molecule has 3 heterocycles. The van der Waals surface area contributed by atoms with Crippen LogP contribution in [0.3, 0.4) is 0 Å². The second-order valence-electron chi connectivity index (χ2n) is 11.3. The van der Waals surface area contributed by atoms with Crippen molar-refractivity contribution in [1.29, 1.82) is 0 Å². The largest absolute Gasteiger partial charge is 0.372 e. The summed E-state index contributed by atoms with van der Waals surface area (Å²) in [5, 5.41) is 7.27. The Kier molecular flexibility index (Phi) is 9.16. The first-order chi connectivity index (χ1) is 20.7. The van der Waals surface area contributed by atoms with Gasteiger partial charge in [-0.1, -0.05) is 18.2 Å². The van der Waals surface area contributed by atoms with Crippen molar-refractivity contribution in [3.8, 4) is 5.69 Å². The van der Waals surface area contributed by atoms with Gasteiger partial charge >= 0.3 is 0 Å². The van der Waals surface area contributed by atoms with E-state index in [1.54, 1.807) is 0 Å². The van der Waals surface area contributed by atoms with E-state index in [2.05, 4.69) is 89.1 Å². The van der Waals surface area contributed by atoms with Crippen molar-refractivity contribution in [2.24, 2.45) is 0 Å². The van der Waals surface area contributed by atoms with Crippen LogP contribution in [0.5, 0.6) is 0 Å². The fourth-order valence-corrected chi connectivity index (χ4v) is 6.51. The van der Waals surface area contributed by atoms with Crippen LogP contribution in [0.15, 0.2) is 72.9 Å². The molecule has 1 saturated heterocycles. The van der Waals surface area contributed by atoms with Crippen LogP contribution in [-0.4, -0.2) is 45.1 Å². The standard InChI is InChI=1S/C35H42N6OS/c1-7-39(8-2)27-14-16-28(17-15-27)41-25(5)22-29(26(41)6)34-33(30-11-9-10-19-36-30)38-35(43)40(34)20-18-32(42)37-31-21-23(3)12-13-24(31)4/h9-17,19,21-22,33-34H,7-8,18,20H2,1-6H3,(H,37,42)(H,38,43)/t33-,34-/m1/s1. The fourth-order valence-electron chi connectivity index (χ4n) is 6.18. The number of hydrogen-bond donors (Lipinski definition) is 2. The van der Waals surface area contributed by atoms with Crippen molar-refractivity contribution >= 4 is 34.6 Å². The summed E-state index contributed by atoms with van der Waals surface area (Å²) in [5.41, 5.74) is 9.75. The van der Waals surface area contributed by atoms with Gasteiger partial charge in [0.25, 0.3) is 0 Å². The number of thiocarbonyl (C=S) groups is 1. The molecule has 1 aliphatic heterocycles. The lowest BCUT2D eigenvalue weighted by Crippen LogP contribution is -2.33. The lowest BCUT2D eigenvalue weighted by atomic mass is 9.96. The number of anilines is 2. The SMILES string of the molecule is CCN(CC)c1ccc(-n2c(C)cc([C@@H]3[C@@H](c4ccccn4)NC(=S)N3CCC(=O)Nc3cc(C)ccc3C)c2C)cc1. The monoisotopic (exact) mass is 594 g/mol.